The number of ether oxygens (including phenoxy) is 1. The Morgan fingerprint density at radius 1 is 1.47 bits per heavy atom. The number of hydrogen-bond acceptors (Lipinski definition) is 3. The minimum absolute atomic E-state index is 0.0677. The average Bonchev–Trinajstić information content (AvgIpc) is 2.35. The zero-order valence-electron chi connectivity index (χ0n) is 11.1. The van der Waals surface area contributed by atoms with E-state index < -0.39 is 0 Å². The zero-order chi connectivity index (χ0) is 14.4. The van der Waals surface area contributed by atoms with Crippen LogP contribution in [0.25, 0.3) is 0 Å². The molecule has 5 heteroatoms. The first kappa shape index (κ1) is 15.9. The van der Waals surface area contributed by atoms with Gasteiger partial charge in [0.25, 0.3) is 0 Å². The van der Waals surface area contributed by atoms with Crippen LogP contribution in [-0.4, -0.2) is 12.8 Å². The van der Waals surface area contributed by atoms with Gasteiger partial charge in [-0.05, 0) is 32.2 Å². The number of rotatable bonds is 6. The lowest BCUT2D eigenvalue weighted by Gasteiger charge is -2.16. The van der Waals surface area contributed by atoms with Crippen molar-refractivity contribution in [2.45, 2.75) is 32.8 Å². The second kappa shape index (κ2) is 7.41. The van der Waals surface area contributed by atoms with E-state index in [4.69, 9.17) is 33.7 Å². The number of nitrogens with zero attached hydrogens (tertiary/aromatic N) is 1. The van der Waals surface area contributed by atoms with E-state index in [-0.39, 0.29) is 6.10 Å². The van der Waals surface area contributed by atoms with Gasteiger partial charge in [-0.25, -0.2) is 0 Å². The van der Waals surface area contributed by atoms with E-state index in [0.29, 0.717) is 27.9 Å². The summed E-state index contributed by atoms with van der Waals surface area (Å²) in [5.41, 5.74) is 7.10. The number of allylic oxidation sites excluding steroid dienone is 1. The predicted molar refractivity (Wildman–Crippen MR) is 83.5 cm³/mol. The Balaban J connectivity index is 2.75. The number of halogens is 2. The lowest BCUT2D eigenvalue weighted by molar-refractivity contribution is 0.225. The molecular formula is C14H18Cl2N2O. The minimum atomic E-state index is -0.0677. The lowest BCUT2D eigenvalue weighted by Crippen LogP contribution is -2.11. The third-order valence-electron chi connectivity index (χ3n) is 2.59. The Hall–Kier alpha value is -1.19. The van der Waals surface area contributed by atoms with E-state index >= 15 is 0 Å². The summed E-state index contributed by atoms with van der Waals surface area (Å²) >= 11 is 12.1. The van der Waals surface area contributed by atoms with Crippen LogP contribution in [0.5, 0.6) is 5.75 Å². The van der Waals surface area contributed by atoms with Gasteiger partial charge in [0.2, 0.25) is 0 Å². The summed E-state index contributed by atoms with van der Waals surface area (Å²) in [5, 5.41) is 0.830. The van der Waals surface area contributed by atoms with Crippen LogP contribution in [0.2, 0.25) is 10.0 Å². The summed E-state index contributed by atoms with van der Waals surface area (Å²) in [4.78, 5) is 3.92. The largest absolute Gasteiger partial charge is 0.487 e. The van der Waals surface area contributed by atoms with Gasteiger partial charge in [-0.1, -0.05) is 36.2 Å². The van der Waals surface area contributed by atoms with Crippen LogP contribution < -0.4 is 10.5 Å². The van der Waals surface area contributed by atoms with Crippen LogP contribution in [0, 0.1) is 0 Å². The van der Waals surface area contributed by atoms with Crippen LogP contribution >= 0.6 is 23.2 Å². The molecule has 0 aliphatic heterocycles. The van der Waals surface area contributed by atoms with Crippen molar-refractivity contribution in [1.29, 1.82) is 0 Å². The van der Waals surface area contributed by atoms with Gasteiger partial charge in [0, 0.05) is 17.8 Å². The first-order valence-electron chi connectivity index (χ1n) is 6.04. The molecule has 0 aliphatic rings. The van der Waals surface area contributed by atoms with Gasteiger partial charge in [-0.3, -0.25) is 4.99 Å². The van der Waals surface area contributed by atoms with Crippen LogP contribution in [0.1, 0.15) is 26.7 Å². The van der Waals surface area contributed by atoms with Crippen molar-refractivity contribution in [3.8, 4) is 5.75 Å². The molecule has 0 aromatic heterocycles. The quantitative estimate of drug-likeness (QED) is 0.610. The van der Waals surface area contributed by atoms with Gasteiger partial charge in [-0.15, -0.1) is 0 Å². The topological polar surface area (TPSA) is 47.6 Å². The van der Waals surface area contributed by atoms with Gasteiger partial charge >= 0.3 is 0 Å². The molecule has 0 amide bonds. The number of aliphatic imine (C=N–C) groups is 1. The predicted octanol–water partition coefficient (Wildman–Crippen LogP) is 4.73. The van der Waals surface area contributed by atoms with E-state index in [1.165, 1.54) is 0 Å². The van der Waals surface area contributed by atoms with Gasteiger partial charge in [0.15, 0.2) is 5.75 Å². The normalized spacial score (nSPS) is 13.2. The highest BCUT2D eigenvalue weighted by atomic mass is 35.5. The van der Waals surface area contributed by atoms with Crippen LogP contribution in [0.3, 0.4) is 0 Å². The van der Waals surface area contributed by atoms with Crippen molar-refractivity contribution in [2.24, 2.45) is 4.99 Å². The van der Waals surface area contributed by atoms with E-state index in [2.05, 4.69) is 11.7 Å². The standard InChI is InChI=1S/C14H18Cl2N2O/c1-4-11(18-3)6-5-9(2)19-14-12(15)7-10(17)8-13(14)16/h6-9H,3-5,17H2,1-2H3/b11-6+. The molecule has 0 spiro atoms. The molecular weight excluding hydrogens is 283 g/mol. The number of hydrogen-bond donors (Lipinski definition) is 1. The van der Waals surface area contributed by atoms with Crippen molar-refractivity contribution >= 4 is 35.6 Å². The highest BCUT2D eigenvalue weighted by Crippen LogP contribution is 2.36. The van der Waals surface area contributed by atoms with Gasteiger partial charge in [0.05, 0.1) is 16.1 Å². The molecule has 0 aliphatic carbocycles. The molecule has 1 rings (SSSR count). The summed E-state index contributed by atoms with van der Waals surface area (Å²) in [7, 11) is 0. The van der Waals surface area contributed by atoms with E-state index in [1.54, 1.807) is 12.1 Å². The minimum Gasteiger partial charge on any atom is -0.487 e. The first-order valence-corrected chi connectivity index (χ1v) is 6.80. The number of nitrogens with two attached hydrogens (primary N) is 1. The Kier molecular flexibility index (Phi) is 6.19. The molecule has 0 heterocycles. The molecule has 1 unspecified atom stereocenters. The van der Waals surface area contributed by atoms with Crippen LogP contribution in [0.15, 0.2) is 28.9 Å². The summed E-state index contributed by atoms with van der Waals surface area (Å²) in [5.74, 6) is 0.461. The van der Waals surface area contributed by atoms with E-state index in [9.17, 15) is 0 Å². The molecule has 0 saturated heterocycles. The number of anilines is 1. The molecule has 3 nitrogen and oxygen atoms in total. The van der Waals surface area contributed by atoms with Crippen LogP contribution in [0.4, 0.5) is 5.69 Å². The maximum atomic E-state index is 6.06. The van der Waals surface area contributed by atoms with Crippen molar-refractivity contribution in [3.05, 3.63) is 34.0 Å². The second-order valence-electron chi connectivity index (χ2n) is 4.18. The molecule has 2 N–H and O–H groups in total. The monoisotopic (exact) mass is 300 g/mol. The van der Waals surface area contributed by atoms with Gasteiger partial charge < -0.3 is 10.5 Å². The highest BCUT2D eigenvalue weighted by molar-refractivity contribution is 6.37. The van der Waals surface area contributed by atoms with E-state index in [0.717, 1.165) is 12.1 Å². The summed E-state index contributed by atoms with van der Waals surface area (Å²) in [6.07, 6.45) is 3.48. The average molecular weight is 301 g/mol. The Morgan fingerprint density at radius 3 is 2.53 bits per heavy atom. The summed E-state index contributed by atoms with van der Waals surface area (Å²) in [6, 6.07) is 3.24. The molecule has 104 valence electrons. The molecule has 0 fully saturated rings. The number of benzene rings is 1. The second-order valence-corrected chi connectivity index (χ2v) is 5.00. The fourth-order valence-corrected chi connectivity index (χ4v) is 2.16. The highest BCUT2D eigenvalue weighted by Gasteiger charge is 2.12. The van der Waals surface area contributed by atoms with Gasteiger partial charge in [0.1, 0.15) is 0 Å². The zero-order valence-corrected chi connectivity index (χ0v) is 12.6. The fourth-order valence-electron chi connectivity index (χ4n) is 1.56. The molecule has 1 aromatic rings. The lowest BCUT2D eigenvalue weighted by atomic mass is 10.2. The Bertz CT molecular complexity index is 463. The Morgan fingerprint density at radius 2 is 2.05 bits per heavy atom. The third-order valence-corrected chi connectivity index (χ3v) is 3.15. The van der Waals surface area contributed by atoms with Crippen molar-refractivity contribution in [1.82, 2.24) is 0 Å². The maximum absolute atomic E-state index is 6.06. The maximum Gasteiger partial charge on any atom is 0.157 e. The number of nitrogen functional groups attached to an aromatic ring is 1. The van der Waals surface area contributed by atoms with Gasteiger partial charge in [-0.2, -0.15) is 0 Å². The third kappa shape index (κ3) is 4.77. The molecule has 19 heavy (non-hydrogen) atoms. The molecule has 1 aromatic carbocycles. The van der Waals surface area contributed by atoms with Crippen LogP contribution in [-0.2, 0) is 0 Å². The van der Waals surface area contributed by atoms with Crippen molar-refractivity contribution < 1.29 is 4.74 Å². The van der Waals surface area contributed by atoms with Crippen molar-refractivity contribution in [3.63, 3.8) is 0 Å². The smallest absolute Gasteiger partial charge is 0.157 e. The SMILES string of the molecule is C=N/C(=C/CC(C)Oc1c(Cl)cc(N)cc1Cl)CC. The molecule has 0 bridgehead atoms. The summed E-state index contributed by atoms with van der Waals surface area (Å²) < 4.78 is 5.74. The summed E-state index contributed by atoms with van der Waals surface area (Å²) in [6.45, 7) is 7.48. The molecule has 1 atom stereocenters. The molecule has 0 saturated carbocycles. The fraction of sp³-hybridized carbons (Fsp3) is 0.357. The van der Waals surface area contributed by atoms with Crippen molar-refractivity contribution in [2.75, 3.05) is 5.73 Å². The molecule has 0 radical (unpaired) electrons. The Labute approximate surface area is 124 Å². The first-order chi connectivity index (χ1) is 8.97. The van der Waals surface area contributed by atoms with E-state index in [1.807, 2.05) is 19.9 Å².